The minimum absolute atomic E-state index is 0.0557. The number of carbonyl (C=O) groups is 1. The second-order valence-corrected chi connectivity index (χ2v) is 7.29. The van der Waals surface area contributed by atoms with Crippen molar-refractivity contribution in [2.75, 3.05) is 45.9 Å². The molecule has 1 aliphatic rings. The molecule has 3 rings (SSSR count). The fraction of sp³-hybridized carbons (Fsp3) is 0.409. The zero-order chi connectivity index (χ0) is 18.9. The number of benzene rings is 2. The molecular formula is C22H31N3O2+2. The summed E-state index contributed by atoms with van der Waals surface area (Å²) in [5.41, 5.74) is 1.15. The monoisotopic (exact) mass is 369 g/mol. The Hall–Kier alpha value is -2.37. The molecule has 0 spiro atoms. The van der Waals surface area contributed by atoms with E-state index in [0.717, 1.165) is 50.6 Å². The van der Waals surface area contributed by atoms with Crippen molar-refractivity contribution in [2.24, 2.45) is 0 Å². The number of quaternary nitrogens is 2. The molecule has 0 unspecified atom stereocenters. The predicted molar refractivity (Wildman–Crippen MR) is 106 cm³/mol. The lowest BCUT2D eigenvalue weighted by atomic mass is 10.1. The van der Waals surface area contributed by atoms with Crippen LogP contribution in [0, 0.1) is 0 Å². The first-order valence-corrected chi connectivity index (χ1v) is 9.90. The third kappa shape index (κ3) is 6.38. The lowest BCUT2D eigenvalue weighted by molar-refractivity contribution is -1.01. The summed E-state index contributed by atoms with van der Waals surface area (Å²) in [7, 11) is 0. The highest BCUT2D eigenvalue weighted by Gasteiger charge is 2.25. The molecule has 0 radical (unpaired) electrons. The molecule has 1 aliphatic heterocycles. The molecule has 1 atom stereocenters. The Morgan fingerprint density at radius 1 is 0.963 bits per heavy atom. The predicted octanol–water partition coefficient (Wildman–Crippen LogP) is -0.274. The zero-order valence-electron chi connectivity index (χ0n) is 16.1. The minimum atomic E-state index is 0.0557. The van der Waals surface area contributed by atoms with Crippen LogP contribution >= 0.6 is 0 Å². The Bertz CT molecular complexity index is 685. The average molecular weight is 370 g/mol. The Morgan fingerprint density at radius 3 is 2.22 bits per heavy atom. The maximum atomic E-state index is 12.3. The number of piperazine rings is 1. The van der Waals surface area contributed by atoms with Crippen molar-refractivity contribution < 1.29 is 19.3 Å². The number of nitrogens with one attached hydrogen (secondary N) is 3. The van der Waals surface area contributed by atoms with Crippen LogP contribution in [0.2, 0.25) is 0 Å². The van der Waals surface area contributed by atoms with E-state index in [2.05, 4.69) is 17.4 Å². The highest BCUT2D eigenvalue weighted by Crippen LogP contribution is 2.10. The van der Waals surface area contributed by atoms with E-state index < -0.39 is 0 Å². The van der Waals surface area contributed by atoms with Crippen molar-refractivity contribution in [3.63, 3.8) is 0 Å². The molecule has 1 fully saturated rings. The van der Waals surface area contributed by atoms with Crippen molar-refractivity contribution in [3.8, 4) is 5.75 Å². The Morgan fingerprint density at radius 2 is 1.56 bits per heavy atom. The lowest BCUT2D eigenvalue weighted by Gasteiger charge is -2.29. The summed E-state index contributed by atoms with van der Waals surface area (Å²) in [4.78, 5) is 15.3. The van der Waals surface area contributed by atoms with Crippen LogP contribution in [-0.4, -0.2) is 51.8 Å². The van der Waals surface area contributed by atoms with E-state index in [1.165, 1.54) is 4.90 Å². The van der Waals surface area contributed by atoms with Gasteiger partial charge in [-0.3, -0.25) is 4.79 Å². The van der Waals surface area contributed by atoms with Crippen LogP contribution in [0.15, 0.2) is 60.7 Å². The van der Waals surface area contributed by atoms with E-state index >= 15 is 0 Å². The smallest absolute Gasteiger partial charge is 0.275 e. The van der Waals surface area contributed by atoms with E-state index in [1.807, 2.05) is 55.5 Å². The Kier molecular flexibility index (Phi) is 7.25. The van der Waals surface area contributed by atoms with Gasteiger partial charge >= 0.3 is 0 Å². The molecule has 1 heterocycles. The number of rotatable bonds is 8. The number of hydrogen-bond donors (Lipinski definition) is 3. The molecule has 0 aliphatic carbocycles. The summed E-state index contributed by atoms with van der Waals surface area (Å²) >= 11 is 0. The normalized spacial score (nSPS) is 20.6. The number of ether oxygens (including phenoxy) is 1. The first-order chi connectivity index (χ1) is 13.2. The van der Waals surface area contributed by atoms with Gasteiger partial charge in [-0.15, -0.1) is 0 Å². The van der Waals surface area contributed by atoms with Gasteiger partial charge in [0, 0.05) is 0 Å². The van der Waals surface area contributed by atoms with Crippen LogP contribution in [0.3, 0.4) is 0 Å². The van der Waals surface area contributed by atoms with Crippen LogP contribution < -0.4 is 19.9 Å². The van der Waals surface area contributed by atoms with Gasteiger partial charge in [-0.05, 0) is 24.6 Å². The summed E-state index contributed by atoms with van der Waals surface area (Å²) in [5, 5.41) is 3.12. The molecule has 1 amide bonds. The van der Waals surface area contributed by atoms with E-state index in [1.54, 1.807) is 4.90 Å². The van der Waals surface area contributed by atoms with Gasteiger partial charge in [0.1, 0.15) is 45.1 Å². The molecule has 0 bridgehead atoms. The van der Waals surface area contributed by atoms with E-state index in [9.17, 15) is 4.79 Å². The Labute approximate surface area is 161 Å². The molecule has 144 valence electrons. The van der Waals surface area contributed by atoms with Crippen molar-refractivity contribution in [3.05, 3.63) is 66.2 Å². The maximum Gasteiger partial charge on any atom is 0.275 e. The van der Waals surface area contributed by atoms with Crippen LogP contribution in [0.4, 0.5) is 0 Å². The molecule has 0 saturated carbocycles. The van der Waals surface area contributed by atoms with Gasteiger partial charge in [0.15, 0.2) is 6.54 Å². The lowest BCUT2D eigenvalue weighted by Crippen LogP contribution is -3.28. The molecule has 2 aromatic carbocycles. The Balaban J connectivity index is 1.32. The first-order valence-electron chi connectivity index (χ1n) is 9.90. The third-order valence-electron chi connectivity index (χ3n) is 5.22. The fourth-order valence-corrected chi connectivity index (χ4v) is 3.56. The highest BCUT2D eigenvalue weighted by atomic mass is 16.5. The number of amides is 1. The number of hydrogen-bond acceptors (Lipinski definition) is 2. The van der Waals surface area contributed by atoms with Crippen LogP contribution in [0.5, 0.6) is 5.75 Å². The highest BCUT2D eigenvalue weighted by molar-refractivity contribution is 5.77. The van der Waals surface area contributed by atoms with Crippen molar-refractivity contribution in [1.82, 2.24) is 5.32 Å². The first kappa shape index (κ1) is 19.4. The second-order valence-electron chi connectivity index (χ2n) is 7.29. The molecule has 0 aromatic heterocycles. The second kappa shape index (κ2) is 10.1. The number of carbonyl (C=O) groups excluding carboxylic acids is 1. The topological polar surface area (TPSA) is 47.2 Å². The summed E-state index contributed by atoms with van der Waals surface area (Å²) in [5.74, 6) is 1.07. The van der Waals surface area contributed by atoms with E-state index in [4.69, 9.17) is 4.74 Å². The van der Waals surface area contributed by atoms with E-state index in [-0.39, 0.29) is 11.9 Å². The minimum Gasteiger partial charge on any atom is -0.488 e. The number of para-hydroxylation sites is 1. The quantitative estimate of drug-likeness (QED) is 0.600. The van der Waals surface area contributed by atoms with Crippen molar-refractivity contribution >= 4 is 5.91 Å². The van der Waals surface area contributed by atoms with Gasteiger partial charge in [0.05, 0.1) is 6.04 Å². The SMILES string of the molecule is C[C@H](NC(=O)C[NH+]1CC[NH+](CCOc2ccccc2)CC1)c1ccccc1. The van der Waals surface area contributed by atoms with Crippen molar-refractivity contribution in [1.29, 1.82) is 0 Å². The average Bonchev–Trinajstić information content (AvgIpc) is 2.71. The molecule has 27 heavy (non-hydrogen) atoms. The van der Waals surface area contributed by atoms with Gasteiger partial charge in [-0.1, -0.05) is 48.5 Å². The molecule has 5 nitrogen and oxygen atoms in total. The standard InChI is InChI=1S/C22H29N3O2/c1-19(20-8-4-2-5-9-20)23-22(26)18-25-14-12-24(13-15-25)16-17-27-21-10-6-3-7-11-21/h2-11,19H,12-18H2,1H3,(H,23,26)/p+2/t19-/m0/s1. The largest absolute Gasteiger partial charge is 0.488 e. The van der Waals surface area contributed by atoms with Gasteiger partial charge in [-0.25, -0.2) is 0 Å². The van der Waals surface area contributed by atoms with Gasteiger partial charge in [0.25, 0.3) is 5.91 Å². The molecular weight excluding hydrogens is 338 g/mol. The van der Waals surface area contributed by atoms with Gasteiger partial charge in [0.2, 0.25) is 0 Å². The summed E-state index contributed by atoms with van der Waals surface area (Å²) in [6.45, 7) is 8.61. The molecule has 5 heteroatoms. The third-order valence-corrected chi connectivity index (χ3v) is 5.22. The zero-order valence-corrected chi connectivity index (χ0v) is 16.1. The molecule has 3 N–H and O–H groups in total. The molecule has 1 saturated heterocycles. The maximum absolute atomic E-state index is 12.3. The fourth-order valence-electron chi connectivity index (χ4n) is 3.56. The van der Waals surface area contributed by atoms with E-state index in [0.29, 0.717) is 6.54 Å². The van der Waals surface area contributed by atoms with Gasteiger partial charge in [-0.2, -0.15) is 0 Å². The molecule has 2 aromatic rings. The summed E-state index contributed by atoms with van der Waals surface area (Å²) in [6.07, 6.45) is 0. The van der Waals surface area contributed by atoms with Crippen LogP contribution in [0.1, 0.15) is 18.5 Å². The summed E-state index contributed by atoms with van der Waals surface area (Å²) in [6, 6.07) is 20.1. The summed E-state index contributed by atoms with van der Waals surface area (Å²) < 4.78 is 5.79. The van der Waals surface area contributed by atoms with Crippen molar-refractivity contribution in [2.45, 2.75) is 13.0 Å². The van der Waals surface area contributed by atoms with Gasteiger partial charge < -0.3 is 19.9 Å². The van der Waals surface area contributed by atoms with Crippen LogP contribution in [-0.2, 0) is 4.79 Å². The van der Waals surface area contributed by atoms with Crippen LogP contribution in [0.25, 0.3) is 0 Å².